The molecule has 1 amide bonds. The van der Waals surface area contributed by atoms with Crippen LogP contribution in [0, 0.1) is 17.3 Å². The smallest absolute Gasteiger partial charge is 0.350 e. The first-order valence-electron chi connectivity index (χ1n) is 12.4. The summed E-state index contributed by atoms with van der Waals surface area (Å²) in [6, 6.07) is 3.05. The van der Waals surface area contributed by atoms with Crippen molar-refractivity contribution in [2.24, 2.45) is 17.3 Å². The van der Waals surface area contributed by atoms with Crippen molar-refractivity contribution in [1.29, 1.82) is 0 Å². The Hall–Kier alpha value is -2.23. The van der Waals surface area contributed by atoms with Gasteiger partial charge in [0, 0.05) is 18.7 Å². The van der Waals surface area contributed by atoms with Crippen LogP contribution in [-0.2, 0) is 19.1 Å². The maximum absolute atomic E-state index is 14.1. The fraction of sp³-hybridized carbons (Fsp3) is 0.615. The third kappa shape index (κ3) is 6.62. The average Bonchev–Trinajstić information content (AvgIpc) is 3.13. The number of hydrogen-bond donors (Lipinski definition) is 1. The molecule has 0 radical (unpaired) electrons. The van der Waals surface area contributed by atoms with Gasteiger partial charge in [-0.3, -0.25) is 9.48 Å². The van der Waals surface area contributed by atoms with Gasteiger partial charge < -0.3 is 5.32 Å². The molecule has 0 saturated heterocycles. The van der Waals surface area contributed by atoms with Crippen LogP contribution in [0.4, 0.5) is 26.3 Å². The monoisotopic (exact) mass is 551 g/mol. The molecule has 1 heterocycles. The van der Waals surface area contributed by atoms with E-state index in [4.69, 9.17) is 11.6 Å². The van der Waals surface area contributed by atoms with E-state index in [1.54, 1.807) is 6.92 Å². The first kappa shape index (κ1) is 29.3. The van der Waals surface area contributed by atoms with Crippen LogP contribution in [-0.4, -0.2) is 28.4 Å². The topological polar surface area (TPSA) is 46.9 Å². The van der Waals surface area contributed by atoms with Gasteiger partial charge in [0.2, 0.25) is 0 Å². The number of carbonyl (C=O) groups excluding carboxylic acids is 1. The van der Waals surface area contributed by atoms with E-state index < -0.39 is 35.7 Å². The molecule has 1 aromatic heterocycles. The molecular formula is C26H32ClF6N3O. The molecule has 0 bridgehead atoms. The fourth-order valence-corrected chi connectivity index (χ4v) is 5.00. The lowest BCUT2D eigenvalue weighted by Crippen LogP contribution is -2.34. The van der Waals surface area contributed by atoms with Crippen LogP contribution in [0.2, 0.25) is 5.02 Å². The maximum atomic E-state index is 14.1. The number of nitrogens with zero attached hydrogens (tertiary/aromatic N) is 2. The molecule has 37 heavy (non-hydrogen) atoms. The Morgan fingerprint density at radius 1 is 1.11 bits per heavy atom. The number of benzene rings is 1. The zero-order valence-corrected chi connectivity index (χ0v) is 22.0. The van der Waals surface area contributed by atoms with Crippen LogP contribution in [0.5, 0.6) is 0 Å². The third-order valence-electron chi connectivity index (χ3n) is 7.15. The van der Waals surface area contributed by atoms with Gasteiger partial charge in [0.15, 0.2) is 5.69 Å². The number of alkyl halides is 6. The molecular weight excluding hydrogens is 520 g/mol. The van der Waals surface area contributed by atoms with E-state index >= 15 is 0 Å². The van der Waals surface area contributed by atoms with Crippen LogP contribution in [0.15, 0.2) is 18.2 Å². The van der Waals surface area contributed by atoms with E-state index in [0.29, 0.717) is 18.4 Å². The minimum absolute atomic E-state index is 0.102. The predicted octanol–water partition coefficient (Wildman–Crippen LogP) is 7.93. The number of rotatable bonds is 7. The molecule has 1 N–H and O–H groups in total. The summed E-state index contributed by atoms with van der Waals surface area (Å²) in [6.07, 6.45) is -5.98. The van der Waals surface area contributed by atoms with Crippen LogP contribution in [0.25, 0.3) is 11.3 Å². The highest BCUT2D eigenvalue weighted by Crippen LogP contribution is 2.44. The van der Waals surface area contributed by atoms with Crippen molar-refractivity contribution in [3.05, 3.63) is 40.0 Å². The first-order valence-corrected chi connectivity index (χ1v) is 12.7. The molecule has 11 heteroatoms. The van der Waals surface area contributed by atoms with E-state index in [0.717, 1.165) is 51.7 Å². The summed E-state index contributed by atoms with van der Waals surface area (Å²) in [4.78, 5) is 12.9. The lowest BCUT2D eigenvalue weighted by molar-refractivity contribution is -0.211. The predicted molar refractivity (Wildman–Crippen MR) is 130 cm³/mol. The van der Waals surface area contributed by atoms with Gasteiger partial charge in [-0.2, -0.15) is 31.4 Å². The summed E-state index contributed by atoms with van der Waals surface area (Å²) in [5.74, 6) is 0.393. The summed E-state index contributed by atoms with van der Waals surface area (Å²) in [5, 5.41) is 6.75. The van der Waals surface area contributed by atoms with Crippen molar-refractivity contribution < 1.29 is 31.1 Å². The van der Waals surface area contributed by atoms with Crippen molar-refractivity contribution in [3.8, 4) is 11.3 Å². The molecule has 1 aromatic carbocycles. The van der Waals surface area contributed by atoms with E-state index in [1.807, 2.05) is 0 Å². The highest BCUT2D eigenvalue weighted by molar-refractivity contribution is 6.36. The molecule has 1 aliphatic rings. The van der Waals surface area contributed by atoms with Gasteiger partial charge in [-0.15, -0.1) is 0 Å². The summed E-state index contributed by atoms with van der Waals surface area (Å²) in [6.45, 7) is 6.26. The Bertz CT molecular complexity index is 1110. The molecule has 0 aliphatic heterocycles. The Kier molecular flexibility index (Phi) is 8.61. The quantitative estimate of drug-likeness (QED) is 0.355. The van der Waals surface area contributed by atoms with Crippen LogP contribution in [0.3, 0.4) is 0 Å². The highest BCUT2D eigenvalue weighted by atomic mass is 35.5. The Morgan fingerprint density at radius 3 is 2.27 bits per heavy atom. The van der Waals surface area contributed by atoms with Crippen molar-refractivity contribution in [2.45, 2.75) is 78.7 Å². The zero-order chi connectivity index (χ0) is 27.8. The normalized spacial score (nSPS) is 19.2. The van der Waals surface area contributed by atoms with Gasteiger partial charge >= 0.3 is 12.4 Å². The molecule has 0 spiro atoms. The Balaban J connectivity index is 1.95. The average molecular weight is 552 g/mol. The molecule has 0 atom stereocenters. The largest absolute Gasteiger partial charge is 0.417 e. The second-order valence-corrected chi connectivity index (χ2v) is 11.0. The Labute approximate surface area is 217 Å². The van der Waals surface area contributed by atoms with E-state index in [2.05, 4.69) is 17.3 Å². The summed E-state index contributed by atoms with van der Waals surface area (Å²) in [5.41, 5.74) is -4.10. The minimum Gasteiger partial charge on any atom is -0.350 e. The fourth-order valence-electron chi connectivity index (χ4n) is 4.68. The molecule has 2 aromatic rings. The first-order chi connectivity index (χ1) is 17.0. The SMILES string of the molecule is CCn1nc(C(=O)NCC2CCC(C)CC2)c(Cl)c1-c1ccc(CC(C)(C)C(F)(F)F)cc1C(F)(F)F. The van der Waals surface area contributed by atoms with Crippen molar-refractivity contribution >= 4 is 17.5 Å². The number of halogens is 7. The van der Waals surface area contributed by atoms with Gasteiger partial charge in [-0.1, -0.05) is 57.3 Å². The zero-order valence-electron chi connectivity index (χ0n) is 21.3. The molecule has 1 fully saturated rings. The van der Waals surface area contributed by atoms with E-state index in [1.165, 1.54) is 10.7 Å². The minimum atomic E-state index is -4.87. The summed E-state index contributed by atoms with van der Waals surface area (Å²) >= 11 is 6.45. The third-order valence-corrected chi connectivity index (χ3v) is 7.51. The molecule has 1 saturated carbocycles. The number of aromatic nitrogens is 2. The summed E-state index contributed by atoms with van der Waals surface area (Å²) in [7, 11) is 0. The molecule has 1 aliphatic carbocycles. The maximum Gasteiger partial charge on any atom is 0.417 e. The molecule has 206 valence electrons. The number of aryl methyl sites for hydroxylation is 1. The van der Waals surface area contributed by atoms with Crippen molar-refractivity contribution in [1.82, 2.24) is 15.1 Å². The van der Waals surface area contributed by atoms with Crippen LogP contribution in [0.1, 0.15) is 75.0 Å². The van der Waals surface area contributed by atoms with Crippen molar-refractivity contribution in [3.63, 3.8) is 0 Å². The molecule has 3 rings (SSSR count). The van der Waals surface area contributed by atoms with Gasteiger partial charge in [0.1, 0.15) is 0 Å². The van der Waals surface area contributed by atoms with Crippen LogP contribution >= 0.6 is 11.6 Å². The number of hydrogen-bond acceptors (Lipinski definition) is 2. The van der Waals surface area contributed by atoms with Gasteiger partial charge in [-0.05, 0) is 49.7 Å². The second-order valence-electron chi connectivity index (χ2n) is 10.6. The lowest BCUT2D eigenvalue weighted by atomic mass is 9.83. The molecule has 4 nitrogen and oxygen atoms in total. The van der Waals surface area contributed by atoms with Gasteiger partial charge in [0.25, 0.3) is 5.91 Å². The Morgan fingerprint density at radius 2 is 1.73 bits per heavy atom. The van der Waals surface area contributed by atoms with Crippen molar-refractivity contribution in [2.75, 3.05) is 6.54 Å². The number of carbonyl (C=O) groups is 1. The van der Waals surface area contributed by atoms with Gasteiger partial charge in [0.05, 0.1) is 21.7 Å². The van der Waals surface area contributed by atoms with Gasteiger partial charge in [-0.25, -0.2) is 0 Å². The van der Waals surface area contributed by atoms with E-state index in [-0.39, 0.29) is 34.1 Å². The molecule has 0 unspecified atom stereocenters. The second kappa shape index (κ2) is 10.9. The van der Waals surface area contributed by atoms with Crippen LogP contribution < -0.4 is 5.32 Å². The summed E-state index contributed by atoms with van der Waals surface area (Å²) < 4.78 is 83.5. The number of amides is 1. The lowest BCUT2D eigenvalue weighted by Gasteiger charge is -2.28. The number of nitrogens with one attached hydrogen (secondary N) is 1. The highest BCUT2D eigenvalue weighted by Gasteiger charge is 2.47. The standard InChI is InChI=1S/C26H32ClF6N3O/c1-5-36-22(20(27)21(35-36)23(37)34-14-16-8-6-15(2)7-9-16)18-11-10-17(12-19(18)25(28,29)30)13-24(3,4)26(31,32)33/h10-12,15-16H,5-9,13-14H2,1-4H3,(H,34,37). The van der Waals surface area contributed by atoms with E-state index in [9.17, 15) is 31.1 Å².